The van der Waals surface area contributed by atoms with Crippen molar-refractivity contribution in [2.75, 3.05) is 0 Å². The summed E-state index contributed by atoms with van der Waals surface area (Å²) < 4.78 is 5.71. The number of isocyanates is 1. The SMILES string of the molecule is CC1Cc2c(cccc2C2(N=C=O)CC2)O1. The van der Waals surface area contributed by atoms with Crippen LogP contribution in [0, 0.1) is 0 Å². The van der Waals surface area contributed by atoms with Crippen LogP contribution >= 0.6 is 0 Å². The molecule has 3 heteroatoms. The van der Waals surface area contributed by atoms with E-state index in [1.54, 1.807) is 6.08 Å². The first kappa shape index (κ1) is 9.61. The molecule has 0 amide bonds. The predicted molar refractivity (Wildman–Crippen MR) is 59.3 cm³/mol. The molecule has 1 heterocycles. The summed E-state index contributed by atoms with van der Waals surface area (Å²) in [5.41, 5.74) is 2.12. The van der Waals surface area contributed by atoms with Gasteiger partial charge in [0.15, 0.2) is 0 Å². The second-order valence-electron chi connectivity index (χ2n) is 4.65. The molecule has 0 radical (unpaired) electrons. The van der Waals surface area contributed by atoms with Crippen molar-refractivity contribution >= 4 is 6.08 Å². The van der Waals surface area contributed by atoms with Gasteiger partial charge in [-0.05, 0) is 31.4 Å². The number of aliphatic imine (C=N–C) groups is 1. The Hall–Kier alpha value is -1.60. The first-order valence-corrected chi connectivity index (χ1v) is 5.63. The highest BCUT2D eigenvalue weighted by molar-refractivity contribution is 5.51. The Morgan fingerprint density at radius 2 is 2.31 bits per heavy atom. The molecular weight excluding hydrogens is 202 g/mol. The Labute approximate surface area is 94.1 Å². The van der Waals surface area contributed by atoms with Gasteiger partial charge in [-0.3, -0.25) is 0 Å². The number of hydrogen-bond acceptors (Lipinski definition) is 3. The van der Waals surface area contributed by atoms with Gasteiger partial charge in [0.05, 0.1) is 5.54 Å². The van der Waals surface area contributed by atoms with Crippen molar-refractivity contribution in [3.05, 3.63) is 29.3 Å². The molecule has 1 aromatic carbocycles. The first-order chi connectivity index (χ1) is 7.75. The lowest BCUT2D eigenvalue weighted by molar-refractivity contribution is 0.254. The number of rotatable bonds is 2. The van der Waals surface area contributed by atoms with E-state index in [0.717, 1.165) is 30.6 Å². The van der Waals surface area contributed by atoms with Gasteiger partial charge in [-0.1, -0.05) is 12.1 Å². The molecule has 3 nitrogen and oxygen atoms in total. The van der Waals surface area contributed by atoms with E-state index in [-0.39, 0.29) is 11.6 Å². The summed E-state index contributed by atoms with van der Waals surface area (Å²) >= 11 is 0. The zero-order chi connectivity index (χ0) is 11.2. The van der Waals surface area contributed by atoms with Gasteiger partial charge in [0.2, 0.25) is 6.08 Å². The minimum absolute atomic E-state index is 0.229. The van der Waals surface area contributed by atoms with Gasteiger partial charge in [0.1, 0.15) is 11.9 Å². The molecule has 0 saturated heterocycles. The minimum atomic E-state index is -0.277. The number of nitrogens with zero attached hydrogens (tertiary/aromatic N) is 1. The molecule has 1 unspecified atom stereocenters. The van der Waals surface area contributed by atoms with Crippen LogP contribution in [0.5, 0.6) is 5.75 Å². The van der Waals surface area contributed by atoms with Gasteiger partial charge in [-0.2, -0.15) is 4.99 Å². The van der Waals surface area contributed by atoms with Crippen LogP contribution in [0.2, 0.25) is 0 Å². The van der Waals surface area contributed by atoms with Gasteiger partial charge < -0.3 is 4.74 Å². The van der Waals surface area contributed by atoms with E-state index in [0.29, 0.717) is 0 Å². The number of hydrogen-bond donors (Lipinski definition) is 0. The summed E-state index contributed by atoms with van der Waals surface area (Å²) in [4.78, 5) is 14.5. The Kier molecular flexibility index (Phi) is 1.92. The first-order valence-electron chi connectivity index (χ1n) is 5.63. The van der Waals surface area contributed by atoms with Gasteiger partial charge in [0, 0.05) is 12.0 Å². The van der Waals surface area contributed by atoms with E-state index in [1.165, 1.54) is 5.56 Å². The number of carbonyl (C=O) groups excluding carboxylic acids is 1. The molecule has 3 rings (SSSR count). The quantitative estimate of drug-likeness (QED) is 0.561. The third kappa shape index (κ3) is 1.29. The fourth-order valence-electron chi connectivity index (χ4n) is 2.52. The van der Waals surface area contributed by atoms with Crippen LogP contribution < -0.4 is 4.74 Å². The lowest BCUT2D eigenvalue weighted by Gasteiger charge is -2.11. The van der Waals surface area contributed by atoms with Crippen LogP contribution in [-0.4, -0.2) is 12.2 Å². The summed E-state index contributed by atoms with van der Waals surface area (Å²) in [5.74, 6) is 0.956. The highest BCUT2D eigenvalue weighted by Gasteiger charge is 2.47. The number of benzene rings is 1. The predicted octanol–water partition coefficient (Wildman–Crippen LogP) is 2.33. The van der Waals surface area contributed by atoms with Crippen molar-refractivity contribution in [3.8, 4) is 5.75 Å². The maximum atomic E-state index is 10.5. The van der Waals surface area contributed by atoms with Crippen LogP contribution in [0.1, 0.15) is 30.9 Å². The zero-order valence-corrected chi connectivity index (χ0v) is 9.19. The fourth-order valence-corrected chi connectivity index (χ4v) is 2.52. The van der Waals surface area contributed by atoms with Crippen LogP contribution in [0.25, 0.3) is 0 Å². The van der Waals surface area contributed by atoms with Crippen LogP contribution in [0.3, 0.4) is 0 Å². The van der Waals surface area contributed by atoms with E-state index in [2.05, 4.69) is 18.0 Å². The molecule has 16 heavy (non-hydrogen) atoms. The molecule has 1 aliphatic heterocycles. The molecule has 1 aliphatic carbocycles. The summed E-state index contributed by atoms with van der Waals surface area (Å²) in [6, 6.07) is 6.03. The topological polar surface area (TPSA) is 38.7 Å². The lowest BCUT2D eigenvalue weighted by Crippen LogP contribution is -2.08. The molecular formula is C13H13NO2. The van der Waals surface area contributed by atoms with E-state index in [9.17, 15) is 4.79 Å². The monoisotopic (exact) mass is 215 g/mol. The van der Waals surface area contributed by atoms with E-state index in [1.807, 2.05) is 12.1 Å². The summed E-state index contributed by atoms with van der Waals surface area (Å²) in [6.07, 6.45) is 4.76. The lowest BCUT2D eigenvalue weighted by atomic mass is 9.96. The van der Waals surface area contributed by atoms with Crippen molar-refractivity contribution < 1.29 is 9.53 Å². The minimum Gasteiger partial charge on any atom is -0.490 e. The molecule has 1 fully saturated rings. The molecule has 0 spiro atoms. The smallest absolute Gasteiger partial charge is 0.235 e. The Morgan fingerprint density at radius 3 is 3.00 bits per heavy atom. The highest BCUT2D eigenvalue weighted by atomic mass is 16.5. The number of ether oxygens (including phenoxy) is 1. The van der Waals surface area contributed by atoms with Crippen molar-refractivity contribution in [3.63, 3.8) is 0 Å². The van der Waals surface area contributed by atoms with Gasteiger partial charge in [-0.25, -0.2) is 4.79 Å². The Balaban J connectivity index is 2.10. The third-order valence-corrected chi connectivity index (χ3v) is 3.44. The normalized spacial score (nSPS) is 24.2. The van der Waals surface area contributed by atoms with E-state index < -0.39 is 0 Å². The molecule has 1 atom stereocenters. The van der Waals surface area contributed by atoms with Crippen molar-refractivity contribution in [2.45, 2.75) is 37.8 Å². The van der Waals surface area contributed by atoms with Gasteiger partial charge in [0.25, 0.3) is 0 Å². The fraction of sp³-hybridized carbons (Fsp3) is 0.462. The summed E-state index contributed by atoms with van der Waals surface area (Å²) in [5, 5.41) is 0. The van der Waals surface area contributed by atoms with E-state index >= 15 is 0 Å². The van der Waals surface area contributed by atoms with Crippen LogP contribution in [-0.2, 0) is 16.8 Å². The molecule has 82 valence electrons. The van der Waals surface area contributed by atoms with Crippen molar-refractivity contribution in [1.29, 1.82) is 0 Å². The van der Waals surface area contributed by atoms with E-state index in [4.69, 9.17) is 4.74 Å². The summed E-state index contributed by atoms with van der Waals surface area (Å²) in [7, 11) is 0. The van der Waals surface area contributed by atoms with Crippen LogP contribution in [0.15, 0.2) is 23.2 Å². The van der Waals surface area contributed by atoms with Crippen molar-refractivity contribution in [2.24, 2.45) is 4.99 Å². The van der Waals surface area contributed by atoms with Crippen LogP contribution in [0.4, 0.5) is 0 Å². The average molecular weight is 215 g/mol. The zero-order valence-electron chi connectivity index (χ0n) is 9.19. The summed E-state index contributed by atoms with van der Waals surface area (Å²) in [6.45, 7) is 2.06. The highest BCUT2D eigenvalue weighted by Crippen LogP contribution is 2.52. The molecule has 2 aliphatic rings. The standard InChI is InChI=1S/C13H13NO2/c1-9-7-10-11(3-2-4-12(10)16-9)13(5-6-13)14-8-15/h2-4,9H,5-7H2,1H3. The second kappa shape index (κ2) is 3.19. The van der Waals surface area contributed by atoms with Gasteiger partial charge >= 0.3 is 0 Å². The Bertz CT molecular complexity index is 485. The molecule has 0 N–H and O–H groups in total. The molecule has 1 saturated carbocycles. The Morgan fingerprint density at radius 1 is 1.50 bits per heavy atom. The van der Waals surface area contributed by atoms with Crippen molar-refractivity contribution in [1.82, 2.24) is 0 Å². The molecule has 0 aromatic heterocycles. The largest absolute Gasteiger partial charge is 0.490 e. The third-order valence-electron chi connectivity index (χ3n) is 3.44. The maximum absolute atomic E-state index is 10.5. The van der Waals surface area contributed by atoms with Gasteiger partial charge in [-0.15, -0.1) is 0 Å². The number of fused-ring (bicyclic) bond motifs is 1. The maximum Gasteiger partial charge on any atom is 0.235 e. The average Bonchev–Trinajstić information content (AvgIpc) is 2.92. The molecule has 1 aromatic rings. The molecule has 0 bridgehead atoms. The second-order valence-corrected chi connectivity index (χ2v) is 4.65.